The Hall–Kier alpha value is -2.40. The first-order valence-corrected chi connectivity index (χ1v) is 8.36. The Balaban J connectivity index is 1.48. The molecule has 1 fully saturated rings. The van der Waals surface area contributed by atoms with Crippen LogP contribution in [0.1, 0.15) is 27.9 Å². The number of aromatic nitrogens is 1. The van der Waals surface area contributed by atoms with Gasteiger partial charge in [0, 0.05) is 37.3 Å². The molecule has 1 aromatic carbocycles. The summed E-state index contributed by atoms with van der Waals surface area (Å²) in [4.78, 5) is 18.9. The van der Waals surface area contributed by atoms with E-state index in [0.717, 1.165) is 26.0 Å². The molecule has 2 aliphatic heterocycles. The molecule has 0 radical (unpaired) electrons. The number of ether oxygens (including phenoxy) is 2. The minimum absolute atomic E-state index is 0.0272. The largest absolute Gasteiger partial charge is 0.472 e. The van der Waals surface area contributed by atoms with Gasteiger partial charge in [-0.25, -0.2) is 4.98 Å². The zero-order chi connectivity index (χ0) is 16.4. The van der Waals surface area contributed by atoms with E-state index in [1.807, 2.05) is 11.0 Å². The maximum Gasteiger partial charge on any atom is 0.254 e. The minimum atomic E-state index is 0.0272. The van der Waals surface area contributed by atoms with E-state index in [0.29, 0.717) is 24.6 Å². The Morgan fingerprint density at radius 3 is 2.96 bits per heavy atom. The van der Waals surface area contributed by atoms with Crippen molar-refractivity contribution in [3.63, 3.8) is 0 Å². The van der Waals surface area contributed by atoms with Crippen LogP contribution < -0.4 is 4.74 Å². The van der Waals surface area contributed by atoms with Gasteiger partial charge in [-0.1, -0.05) is 24.3 Å². The summed E-state index contributed by atoms with van der Waals surface area (Å²) >= 11 is 0. The fraction of sp³-hybridized carbons (Fsp3) is 0.368. The zero-order valence-electron chi connectivity index (χ0n) is 13.5. The van der Waals surface area contributed by atoms with Gasteiger partial charge in [-0.05, 0) is 23.6 Å². The SMILES string of the molecule is O=C(c1ccnc(OC2CCOC2)c1)N1CCc2ccccc2C1. The number of pyridine rings is 1. The number of nitrogens with zero attached hydrogens (tertiary/aromatic N) is 2. The molecule has 0 bridgehead atoms. The predicted octanol–water partition coefficient (Wildman–Crippen LogP) is 2.45. The molecular weight excluding hydrogens is 304 g/mol. The molecule has 1 amide bonds. The van der Waals surface area contributed by atoms with Crippen molar-refractivity contribution in [3.8, 4) is 5.88 Å². The molecule has 5 nitrogen and oxygen atoms in total. The monoisotopic (exact) mass is 324 g/mol. The van der Waals surface area contributed by atoms with Crippen LogP contribution in [-0.2, 0) is 17.7 Å². The van der Waals surface area contributed by atoms with E-state index in [1.165, 1.54) is 11.1 Å². The third kappa shape index (κ3) is 3.12. The van der Waals surface area contributed by atoms with Gasteiger partial charge in [0.1, 0.15) is 6.10 Å². The Bertz CT molecular complexity index is 741. The molecular formula is C19H20N2O3. The van der Waals surface area contributed by atoms with Gasteiger partial charge in [0.15, 0.2) is 0 Å². The Kier molecular flexibility index (Phi) is 4.17. The van der Waals surface area contributed by atoms with Crippen molar-refractivity contribution in [2.24, 2.45) is 0 Å². The normalized spacial score (nSPS) is 19.8. The third-order valence-corrected chi connectivity index (χ3v) is 4.57. The van der Waals surface area contributed by atoms with Crippen LogP contribution in [0.2, 0.25) is 0 Å². The Morgan fingerprint density at radius 2 is 2.12 bits per heavy atom. The lowest BCUT2D eigenvalue weighted by atomic mass is 9.99. The summed E-state index contributed by atoms with van der Waals surface area (Å²) in [6.07, 6.45) is 3.43. The number of carbonyl (C=O) groups excluding carboxylic acids is 1. The molecule has 124 valence electrons. The molecule has 2 aliphatic rings. The van der Waals surface area contributed by atoms with E-state index in [9.17, 15) is 4.79 Å². The molecule has 5 heteroatoms. The van der Waals surface area contributed by atoms with E-state index in [1.54, 1.807) is 18.3 Å². The second kappa shape index (κ2) is 6.61. The first-order chi connectivity index (χ1) is 11.8. The third-order valence-electron chi connectivity index (χ3n) is 4.57. The van der Waals surface area contributed by atoms with E-state index in [-0.39, 0.29) is 12.0 Å². The van der Waals surface area contributed by atoms with Gasteiger partial charge in [0.2, 0.25) is 5.88 Å². The van der Waals surface area contributed by atoms with Gasteiger partial charge in [-0.15, -0.1) is 0 Å². The lowest BCUT2D eigenvalue weighted by molar-refractivity contribution is 0.0733. The summed E-state index contributed by atoms with van der Waals surface area (Å²) in [5.41, 5.74) is 3.19. The minimum Gasteiger partial charge on any atom is -0.472 e. The first kappa shape index (κ1) is 15.1. The van der Waals surface area contributed by atoms with Gasteiger partial charge in [-0.3, -0.25) is 4.79 Å². The fourth-order valence-electron chi connectivity index (χ4n) is 3.24. The summed E-state index contributed by atoms with van der Waals surface area (Å²) in [6.45, 7) is 2.70. The Morgan fingerprint density at radius 1 is 1.25 bits per heavy atom. The summed E-state index contributed by atoms with van der Waals surface area (Å²) < 4.78 is 11.1. The molecule has 1 unspecified atom stereocenters. The quantitative estimate of drug-likeness (QED) is 0.870. The zero-order valence-corrected chi connectivity index (χ0v) is 13.5. The highest BCUT2D eigenvalue weighted by molar-refractivity contribution is 5.94. The van der Waals surface area contributed by atoms with Crippen molar-refractivity contribution < 1.29 is 14.3 Å². The van der Waals surface area contributed by atoms with E-state index < -0.39 is 0 Å². The number of carbonyl (C=O) groups is 1. The molecule has 1 atom stereocenters. The highest BCUT2D eigenvalue weighted by Crippen LogP contribution is 2.22. The van der Waals surface area contributed by atoms with Gasteiger partial charge in [-0.2, -0.15) is 0 Å². The van der Waals surface area contributed by atoms with Gasteiger partial charge >= 0.3 is 0 Å². The molecule has 0 spiro atoms. The number of hydrogen-bond donors (Lipinski definition) is 0. The van der Waals surface area contributed by atoms with Crippen molar-refractivity contribution >= 4 is 5.91 Å². The van der Waals surface area contributed by atoms with Crippen molar-refractivity contribution in [2.45, 2.75) is 25.5 Å². The second-order valence-electron chi connectivity index (χ2n) is 6.23. The fourth-order valence-corrected chi connectivity index (χ4v) is 3.24. The number of amides is 1. The molecule has 24 heavy (non-hydrogen) atoms. The summed E-state index contributed by atoms with van der Waals surface area (Å²) in [5, 5.41) is 0. The van der Waals surface area contributed by atoms with Crippen LogP contribution in [-0.4, -0.2) is 41.7 Å². The number of rotatable bonds is 3. The highest BCUT2D eigenvalue weighted by Gasteiger charge is 2.23. The second-order valence-corrected chi connectivity index (χ2v) is 6.23. The number of benzene rings is 1. The average Bonchev–Trinajstić information content (AvgIpc) is 3.14. The molecule has 1 aromatic heterocycles. The van der Waals surface area contributed by atoms with Crippen LogP contribution in [0.4, 0.5) is 0 Å². The van der Waals surface area contributed by atoms with Crippen LogP contribution in [0.15, 0.2) is 42.6 Å². The van der Waals surface area contributed by atoms with Crippen molar-refractivity contribution in [3.05, 3.63) is 59.3 Å². The van der Waals surface area contributed by atoms with Gasteiger partial charge in [0.05, 0.1) is 13.2 Å². The number of fused-ring (bicyclic) bond motifs is 1. The standard InChI is InChI=1S/C19H20N2O3/c22-19(21-9-6-14-3-1-2-4-16(14)12-21)15-5-8-20-18(11-15)24-17-7-10-23-13-17/h1-5,8,11,17H,6-7,9-10,12-13H2. The summed E-state index contributed by atoms with van der Waals surface area (Å²) in [5.74, 6) is 0.521. The van der Waals surface area contributed by atoms with Crippen molar-refractivity contribution in [1.29, 1.82) is 0 Å². The van der Waals surface area contributed by atoms with Crippen molar-refractivity contribution in [1.82, 2.24) is 9.88 Å². The van der Waals surface area contributed by atoms with Crippen LogP contribution in [0.3, 0.4) is 0 Å². The van der Waals surface area contributed by atoms with Gasteiger partial charge < -0.3 is 14.4 Å². The van der Waals surface area contributed by atoms with Crippen LogP contribution in [0, 0.1) is 0 Å². The number of hydrogen-bond acceptors (Lipinski definition) is 4. The topological polar surface area (TPSA) is 51.7 Å². The molecule has 4 rings (SSSR count). The molecule has 2 aromatic rings. The Labute approximate surface area is 141 Å². The molecule has 0 N–H and O–H groups in total. The molecule has 0 saturated carbocycles. The average molecular weight is 324 g/mol. The maximum absolute atomic E-state index is 12.8. The summed E-state index contributed by atoms with van der Waals surface area (Å²) in [6, 6.07) is 11.8. The van der Waals surface area contributed by atoms with Crippen LogP contribution >= 0.6 is 0 Å². The van der Waals surface area contributed by atoms with Gasteiger partial charge in [0.25, 0.3) is 5.91 Å². The van der Waals surface area contributed by atoms with E-state index in [2.05, 4.69) is 23.2 Å². The lowest BCUT2D eigenvalue weighted by Gasteiger charge is -2.29. The predicted molar refractivity (Wildman–Crippen MR) is 89.0 cm³/mol. The van der Waals surface area contributed by atoms with Crippen LogP contribution in [0.25, 0.3) is 0 Å². The first-order valence-electron chi connectivity index (χ1n) is 8.36. The van der Waals surface area contributed by atoms with E-state index in [4.69, 9.17) is 9.47 Å². The van der Waals surface area contributed by atoms with Crippen LogP contribution in [0.5, 0.6) is 5.88 Å². The smallest absolute Gasteiger partial charge is 0.254 e. The molecule has 3 heterocycles. The van der Waals surface area contributed by atoms with E-state index >= 15 is 0 Å². The maximum atomic E-state index is 12.8. The van der Waals surface area contributed by atoms with Crippen molar-refractivity contribution in [2.75, 3.05) is 19.8 Å². The summed E-state index contributed by atoms with van der Waals surface area (Å²) in [7, 11) is 0. The lowest BCUT2D eigenvalue weighted by Crippen LogP contribution is -2.36. The molecule has 1 saturated heterocycles. The molecule has 0 aliphatic carbocycles. The highest BCUT2D eigenvalue weighted by atomic mass is 16.5.